The summed E-state index contributed by atoms with van der Waals surface area (Å²) < 4.78 is 25.7. The largest absolute Gasteiger partial charge is 0.304 e. The molecule has 0 fully saturated rings. The molecule has 1 heterocycles. The summed E-state index contributed by atoms with van der Waals surface area (Å²) in [5, 5.41) is 0.567. The summed E-state index contributed by atoms with van der Waals surface area (Å²) in [5.74, 6) is 2.09. The van der Waals surface area contributed by atoms with E-state index in [2.05, 4.69) is 10.9 Å². The highest BCUT2D eigenvalue weighted by Gasteiger charge is 2.14. The molecule has 1 aromatic heterocycles. The molecule has 0 aliphatic rings. The minimum absolute atomic E-state index is 0.144. The average molecular weight is 419 g/mol. The van der Waals surface area contributed by atoms with Crippen LogP contribution in [0.25, 0.3) is 10.2 Å². The zero-order valence-corrected chi connectivity index (χ0v) is 17.0. The van der Waals surface area contributed by atoms with Gasteiger partial charge in [0.2, 0.25) is 0 Å². The first-order valence-electron chi connectivity index (χ1n) is 7.83. The minimum atomic E-state index is -3.33. The Balaban J connectivity index is 2.14. The Hall–Kier alpha value is -2.40. The summed E-state index contributed by atoms with van der Waals surface area (Å²) in [7, 11) is -3.33. The predicted molar refractivity (Wildman–Crippen MR) is 108 cm³/mol. The van der Waals surface area contributed by atoms with Crippen molar-refractivity contribution >= 4 is 48.9 Å². The fraction of sp³-hybridized carbons (Fsp3) is 0.158. The van der Waals surface area contributed by atoms with Gasteiger partial charge >= 0.3 is 0 Å². The van der Waals surface area contributed by atoms with Crippen LogP contribution in [0.5, 0.6) is 0 Å². The number of halogens is 1. The molecule has 138 valence electrons. The highest BCUT2D eigenvalue weighted by atomic mass is 35.5. The number of amides is 1. The van der Waals surface area contributed by atoms with Gasteiger partial charge in [-0.1, -0.05) is 34.9 Å². The third kappa shape index (κ3) is 3.83. The number of rotatable bonds is 3. The maximum Gasteiger partial charge on any atom is 0.279 e. The van der Waals surface area contributed by atoms with Crippen molar-refractivity contribution in [1.29, 1.82) is 0 Å². The van der Waals surface area contributed by atoms with Crippen molar-refractivity contribution in [1.82, 2.24) is 4.57 Å². The number of hydrogen-bond donors (Lipinski definition) is 0. The van der Waals surface area contributed by atoms with Gasteiger partial charge < -0.3 is 4.57 Å². The SMILES string of the molecule is C#CCn1c(=NC(=O)c2ccc(S(C)(=O)=O)cc2)sc2c(Cl)ccc(C)c21. The molecule has 0 unspecified atom stereocenters. The molecule has 0 aliphatic heterocycles. The molecule has 3 aromatic rings. The van der Waals surface area contributed by atoms with E-state index >= 15 is 0 Å². The number of aromatic nitrogens is 1. The molecule has 0 atom stereocenters. The molecule has 1 amide bonds. The third-order valence-electron chi connectivity index (χ3n) is 3.96. The van der Waals surface area contributed by atoms with Crippen LogP contribution >= 0.6 is 22.9 Å². The zero-order valence-electron chi connectivity index (χ0n) is 14.6. The molecule has 0 radical (unpaired) electrons. The van der Waals surface area contributed by atoms with Gasteiger partial charge in [0.1, 0.15) is 0 Å². The van der Waals surface area contributed by atoms with Crippen LogP contribution in [0.15, 0.2) is 46.3 Å². The summed E-state index contributed by atoms with van der Waals surface area (Å²) in [6.45, 7) is 2.19. The van der Waals surface area contributed by atoms with E-state index in [0.29, 0.717) is 9.82 Å². The maximum atomic E-state index is 12.6. The summed E-state index contributed by atoms with van der Waals surface area (Å²) in [4.78, 5) is 17.4. The molecular formula is C19H15ClN2O3S2. The lowest BCUT2D eigenvalue weighted by atomic mass is 10.2. The van der Waals surface area contributed by atoms with Crippen molar-refractivity contribution in [2.75, 3.05) is 6.26 Å². The lowest BCUT2D eigenvalue weighted by Crippen LogP contribution is -2.17. The molecule has 0 bridgehead atoms. The van der Waals surface area contributed by atoms with Crippen LogP contribution in [-0.2, 0) is 16.4 Å². The molecule has 0 saturated heterocycles. The number of sulfone groups is 1. The van der Waals surface area contributed by atoms with Gasteiger partial charge in [0.25, 0.3) is 5.91 Å². The number of terminal acetylenes is 1. The highest BCUT2D eigenvalue weighted by molar-refractivity contribution is 7.90. The number of hydrogen-bond acceptors (Lipinski definition) is 4. The minimum Gasteiger partial charge on any atom is -0.304 e. The lowest BCUT2D eigenvalue weighted by Gasteiger charge is -2.04. The average Bonchev–Trinajstić information content (AvgIpc) is 2.97. The van der Waals surface area contributed by atoms with Gasteiger partial charge in [0, 0.05) is 11.8 Å². The third-order valence-corrected chi connectivity index (χ3v) is 6.62. The van der Waals surface area contributed by atoms with Crippen LogP contribution in [0, 0.1) is 19.3 Å². The molecule has 0 aliphatic carbocycles. The number of carbonyl (C=O) groups excluding carboxylic acids is 1. The number of aryl methyl sites for hydroxylation is 1. The maximum absolute atomic E-state index is 12.6. The van der Waals surface area contributed by atoms with Crippen LogP contribution in [0.1, 0.15) is 15.9 Å². The first kappa shape index (κ1) is 19.4. The van der Waals surface area contributed by atoms with Crippen molar-refractivity contribution < 1.29 is 13.2 Å². The summed E-state index contributed by atoms with van der Waals surface area (Å²) in [5.41, 5.74) is 2.12. The number of benzene rings is 2. The molecule has 2 aromatic carbocycles. The Morgan fingerprint density at radius 2 is 1.93 bits per heavy atom. The fourth-order valence-corrected chi connectivity index (χ4v) is 4.65. The predicted octanol–water partition coefficient (Wildman–Crippen LogP) is 3.44. The Morgan fingerprint density at radius 3 is 2.52 bits per heavy atom. The van der Waals surface area contributed by atoms with Crippen molar-refractivity contribution in [2.45, 2.75) is 18.4 Å². The molecular weight excluding hydrogens is 404 g/mol. The fourth-order valence-electron chi connectivity index (χ4n) is 2.64. The first-order valence-corrected chi connectivity index (χ1v) is 10.9. The lowest BCUT2D eigenvalue weighted by molar-refractivity contribution is 0.0998. The Kier molecular flexibility index (Phi) is 5.24. The summed E-state index contributed by atoms with van der Waals surface area (Å²) in [6.07, 6.45) is 6.60. The van der Waals surface area contributed by atoms with Crippen LogP contribution in [0.2, 0.25) is 5.02 Å². The molecule has 0 spiro atoms. The second-order valence-corrected chi connectivity index (χ2v) is 9.33. The number of thiazole rings is 1. The number of carbonyl (C=O) groups is 1. The Morgan fingerprint density at radius 1 is 1.26 bits per heavy atom. The van der Waals surface area contributed by atoms with E-state index in [1.165, 1.54) is 35.6 Å². The molecule has 0 saturated carbocycles. The Labute approximate surface area is 165 Å². The highest BCUT2D eigenvalue weighted by Crippen LogP contribution is 2.28. The van der Waals surface area contributed by atoms with Gasteiger partial charge in [-0.25, -0.2) is 8.42 Å². The molecule has 0 N–H and O–H groups in total. The Bertz CT molecular complexity index is 1260. The van der Waals surface area contributed by atoms with E-state index in [4.69, 9.17) is 18.0 Å². The van der Waals surface area contributed by atoms with Crippen LogP contribution in [0.3, 0.4) is 0 Å². The number of nitrogens with zero attached hydrogens (tertiary/aromatic N) is 2. The van der Waals surface area contributed by atoms with E-state index in [1.807, 2.05) is 13.0 Å². The van der Waals surface area contributed by atoms with Gasteiger partial charge in [-0.2, -0.15) is 4.99 Å². The van der Waals surface area contributed by atoms with Crippen LogP contribution < -0.4 is 4.80 Å². The molecule has 27 heavy (non-hydrogen) atoms. The first-order chi connectivity index (χ1) is 12.7. The van der Waals surface area contributed by atoms with Gasteiger partial charge in [0.15, 0.2) is 14.6 Å². The van der Waals surface area contributed by atoms with E-state index in [0.717, 1.165) is 22.0 Å². The smallest absolute Gasteiger partial charge is 0.279 e. The quantitative estimate of drug-likeness (QED) is 0.612. The molecule has 8 heteroatoms. The van der Waals surface area contributed by atoms with Crippen molar-refractivity contribution in [2.24, 2.45) is 4.99 Å². The molecule has 5 nitrogen and oxygen atoms in total. The standard InChI is InChI=1S/C19H15ClN2O3S2/c1-4-11-22-16-12(2)5-10-15(20)17(16)26-19(22)21-18(23)13-6-8-14(9-7-13)27(3,24)25/h1,5-10H,11H2,2-3H3. The number of fused-ring (bicyclic) bond motifs is 1. The van der Waals surface area contributed by atoms with E-state index < -0.39 is 15.7 Å². The van der Waals surface area contributed by atoms with Gasteiger partial charge in [-0.3, -0.25) is 4.79 Å². The van der Waals surface area contributed by atoms with Gasteiger partial charge in [-0.15, -0.1) is 6.42 Å². The topological polar surface area (TPSA) is 68.5 Å². The zero-order chi connectivity index (χ0) is 19.8. The summed E-state index contributed by atoms with van der Waals surface area (Å²) in [6, 6.07) is 9.35. The second kappa shape index (κ2) is 7.31. The monoisotopic (exact) mass is 418 g/mol. The van der Waals surface area contributed by atoms with Crippen molar-refractivity contribution in [3.05, 3.63) is 57.3 Å². The van der Waals surface area contributed by atoms with E-state index in [1.54, 1.807) is 10.6 Å². The molecule has 3 rings (SSSR count). The van der Waals surface area contributed by atoms with Crippen molar-refractivity contribution in [3.8, 4) is 12.3 Å². The van der Waals surface area contributed by atoms with Crippen molar-refractivity contribution in [3.63, 3.8) is 0 Å². The van der Waals surface area contributed by atoms with Crippen LogP contribution in [0.4, 0.5) is 0 Å². The normalized spacial score (nSPS) is 12.3. The van der Waals surface area contributed by atoms with E-state index in [-0.39, 0.29) is 17.0 Å². The second-order valence-electron chi connectivity index (χ2n) is 5.93. The summed E-state index contributed by atoms with van der Waals surface area (Å²) >= 11 is 7.58. The van der Waals surface area contributed by atoms with E-state index in [9.17, 15) is 13.2 Å². The van der Waals surface area contributed by atoms with Gasteiger partial charge in [-0.05, 0) is 42.8 Å². The van der Waals surface area contributed by atoms with Crippen LogP contribution in [-0.4, -0.2) is 25.1 Å². The van der Waals surface area contributed by atoms with Gasteiger partial charge in [0.05, 0.1) is 26.7 Å².